The number of hydrogen-bond donors (Lipinski definition) is 2. The molecule has 0 bridgehead atoms. The average Bonchev–Trinajstić information content (AvgIpc) is 3.03. The van der Waals surface area contributed by atoms with E-state index in [1.165, 1.54) is 0 Å². The maximum absolute atomic E-state index is 13.6. The highest BCUT2D eigenvalue weighted by Crippen LogP contribution is 2.46. The van der Waals surface area contributed by atoms with Gasteiger partial charge in [0.15, 0.2) is 5.75 Å². The van der Waals surface area contributed by atoms with Crippen LogP contribution in [-0.4, -0.2) is 22.6 Å². The van der Waals surface area contributed by atoms with Crippen LogP contribution in [0.25, 0.3) is 10.9 Å². The Hall–Kier alpha value is -2.49. The van der Waals surface area contributed by atoms with E-state index in [2.05, 4.69) is 10.3 Å². The SMILES string of the molecule is CC1(C)CNC(C(F)(F)F)c2[nH]c3ccc(Oc4c(Cl)cc([N+](=O)[O-])cc4Cl)cc3c21. The number of nitrogens with one attached hydrogen (secondary N) is 2. The fourth-order valence-corrected chi connectivity index (χ4v) is 4.45. The number of non-ortho nitro benzene ring substituents is 1. The molecule has 6 nitrogen and oxygen atoms in total. The van der Waals surface area contributed by atoms with E-state index in [0.717, 1.165) is 12.1 Å². The van der Waals surface area contributed by atoms with E-state index in [-0.39, 0.29) is 39.5 Å². The minimum absolute atomic E-state index is 0.0202. The van der Waals surface area contributed by atoms with Crippen molar-refractivity contribution in [3.63, 3.8) is 0 Å². The summed E-state index contributed by atoms with van der Waals surface area (Å²) in [6, 6.07) is 5.20. The predicted molar refractivity (Wildman–Crippen MR) is 111 cm³/mol. The minimum atomic E-state index is -4.45. The number of aromatic amines is 1. The van der Waals surface area contributed by atoms with Crippen molar-refractivity contribution >= 4 is 39.8 Å². The van der Waals surface area contributed by atoms with E-state index in [4.69, 9.17) is 27.9 Å². The monoisotopic (exact) mass is 473 g/mol. The van der Waals surface area contributed by atoms with Crippen LogP contribution >= 0.6 is 23.2 Å². The molecule has 164 valence electrons. The molecule has 2 aromatic carbocycles. The van der Waals surface area contributed by atoms with E-state index in [9.17, 15) is 23.3 Å². The van der Waals surface area contributed by atoms with Gasteiger partial charge in [-0.3, -0.25) is 10.1 Å². The number of nitro benzene ring substituents is 1. The second-order valence-electron chi connectivity index (χ2n) is 7.96. The average molecular weight is 474 g/mol. The number of fused-ring (bicyclic) bond motifs is 3. The number of nitrogens with zero attached hydrogens (tertiary/aromatic N) is 1. The maximum Gasteiger partial charge on any atom is 0.409 e. The Kier molecular flexibility index (Phi) is 5.11. The summed E-state index contributed by atoms with van der Waals surface area (Å²) in [5, 5.41) is 14.0. The molecule has 0 spiro atoms. The summed E-state index contributed by atoms with van der Waals surface area (Å²) in [6.07, 6.45) is -4.45. The van der Waals surface area contributed by atoms with Crippen molar-refractivity contribution < 1.29 is 22.8 Å². The molecular weight excluding hydrogens is 458 g/mol. The first-order valence-electron chi connectivity index (χ1n) is 9.16. The molecule has 0 radical (unpaired) electrons. The van der Waals surface area contributed by atoms with E-state index in [0.29, 0.717) is 16.5 Å². The molecule has 0 amide bonds. The Bertz CT molecular complexity index is 1180. The molecule has 2 N–H and O–H groups in total. The summed E-state index contributed by atoms with van der Waals surface area (Å²) in [6.45, 7) is 3.86. The first kappa shape index (κ1) is 21.7. The van der Waals surface area contributed by atoms with Crippen LogP contribution in [0.3, 0.4) is 0 Å². The summed E-state index contributed by atoms with van der Waals surface area (Å²) in [7, 11) is 0. The molecule has 1 unspecified atom stereocenters. The van der Waals surface area contributed by atoms with Gasteiger partial charge in [-0.25, -0.2) is 0 Å². The van der Waals surface area contributed by atoms with E-state index in [1.54, 1.807) is 18.2 Å². The van der Waals surface area contributed by atoms with E-state index < -0.39 is 22.6 Å². The molecule has 1 aromatic heterocycles. The molecule has 1 aliphatic rings. The Morgan fingerprint density at radius 3 is 2.42 bits per heavy atom. The zero-order valence-corrected chi connectivity index (χ0v) is 17.7. The van der Waals surface area contributed by atoms with Gasteiger partial charge in [0.25, 0.3) is 5.69 Å². The molecule has 0 fully saturated rings. The van der Waals surface area contributed by atoms with Crippen LogP contribution in [0, 0.1) is 10.1 Å². The van der Waals surface area contributed by atoms with Gasteiger partial charge in [0.1, 0.15) is 11.8 Å². The number of nitro groups is 1. The van der Waals surface area contributed by atoms with Crippen molar-refractivity contribution in [1.29, 1.82) is 0 Å². The lowest BCUT2D eigenvalue weighted by molar-refractivity contribution is -0.384. The van der Waals surface area contributed by atoms with Crippen molar-refractivity contribution in [2.24, 2.45) is 0 Å². The quantitative estimate of drug-likeness (QED) is 0.329. The number of halogens is 5. The van der Waals surface area contributed by atoms with Gasteiger partial charge in [-0.2, -0.15) is 13.2 Å². The predicted octanol–water partition coefficient (Wildman–Crippen LogP) is 6.66. The molecule has 31 heavy (non-hydrogen) atoms. The van der Waals surface area contributed by atoms with Crippen molar-refractivity contribution in [2.75, 3.05) is 6.54 Å². The third-order valence-electron chi connectivity index (χ3n) is 5.25. The number of hydrogen-bond acceptors (Lipinski definition) is 4. The topological polar surface area (TPSA) is 80.2 Å². The Morgan fingerprint density at radius 1 is 1.19 bits per heavy atom. The smallest absolute Gasteiger partial charge is 0.409 e. The summed E-state index contributed by atoms with van der Waals surface area (Å²) < 4.78 is 46.4. The third kappa shape index (κ3) is 3.81. The van der Waals surface area contributed by atoms with Crippen LogP contribution < -0.4 is 10.1 Å². The van der Waals surface area contributed by atoms with Crippen molar-refractivity contribution in [2.45, 2.75) is 31.5 Å². The molecule has 0 aliphatic carbocycles. The van der Waals surface area contributed by atoms with Gasteiger partial charge in [0.05, 0.1) is 15.0 Å². The van der Waals surface area contributed by atoms with Gasteiger partial charge in [0, 0.05) is 40.7 Å². The van der Waals surface area contributed by atoms with Gasteiger partial charge in [0.2, 0.25) is 0 Å². The number of alkyl halides is 3. The molecule has 1 atom stereocenters. The highest BCUT2D eigenvalue weighted by Gasteiger charge is 2.48. The Balaban J connectivity index is 1.81. The lowest BCUT2D eigenvalue weighted by Gasteiger charge is -2.36. The number of rotatable bonds is 3. The molecule has 11 heteroatoms. The van der Waals surface area contributed by atoms with Gasteiger partial charge in [-0.15, -0.1) is 0 Å². The van der Waals surface area contributed by atoms with Gasteiger partial charge in [-0.1, -0.05) is 37.0 Å². The largest absolute Gasteiger partial charge is 0.454 e. The number of H-pyrrole nitrogens is 1. The zero-order chi connectivity index (χ0) is 22.7. The number of aromatic nitrogens is 1. The van der Waals surface area contributed by atoms with Crippen molar-refractivity contribution in [3.8, 4) is 11.5 Å². The van der Waals surface area contributed by atoms with Gasteiger partial charge in [-0.05, 0) is 23.8 Å². The second-order valence-corrected chi connectivity index (χ2v) is 8.77. The molecule has 0 saturated carbocycles. The second kappa shape index (κ2) is 7.29. The van der Waals surface area contributed by atoms with Crippen molar-refractivity contribution in [3.05, 3.63) is 61.7 Å². The molecular formula is C20H16Cl2F3N3O3. The fraction of sp³-hybridized carbons (Fsp3) is 0.300. The lowest BCUT2D eigenvalue weighted by atomic mass is 9.78. The summed E-state index contributed by atoms with van der Waals surface area (Å²) in [5.74, 6) is 0.302. The molecule has 1 aliphatic heterocycles. The Labute approximate surface area is 184 Å². The highest BCUT2D eigenvalue weighted by atomic mass is 35.5. The van der Waals surface area contributed by atoms with Gasteiger partial charge < -0.3 is 15.0 Å². The number of ether oxygens (including phenoxy) is 1. The first-order valence-corrected chi connectivity index (χ1v) is 9.91. The van der Waals surface area contributed by atoms with Crippen molar-refractivity contribution in [1.82, 2.24) is 10.3 Å². The fourth-order valence-electron chi connectivity index (χ4n) is 3.90. The third-order valence-corrected chi connectivity index (χ3v) is 5.82. The summed E-state index contributed by atoms with van der Waals surface area (Å²) >= 11 is 12.2. The maximum atomic E-state index is 13.6. The first-order chi connectivity index (χ1) is 14.4. The standard InChI is InChI=1S/C20H16Cl2F3N3O3/c1-19(2)8-26-18(20(23,24)25)16-15(19)11-7-10(3-4-14(11)27-16)31-17-12(21)5-9(28(29)30)6-13(17)22/h3-7,18,26-27H,8H2,1-2H3. The number of benzene rings is 2. The minimum Gasteiger partial charge on any atom is -0.454 e. The Morgan fingerprint density at radius 2 is 1.84 bits per heavy atom. The van der Waals surface area contributed by atoms with Crippen LogP contribution in [0.15, 0.2) is 30.3 Å². The molecule has 0 saturated heterocycles. The van der Waals surface area contributed by atoms with E-state index in [1.807, 2.05) is 13.8 Å². The molecule has 2 heterocycles. The van der Waals surface area contributed by atoms with Crippen LogP contribution in [-0.2, 0) is 5.41 Å². The van der Waals surface area contributed by atoms with Crippen LogP contribution in [0.2, 0.25) is 10.0 Å². The van der Waals surface area contributed by atoms with Gasteiger partial charge >= 0.3 is 6.18 Å². The van der Waals surface area contributed by atoms with Crippen LogP contribution in [0.4, 0.5) is 18.9 Å². The summed E-state index contributed by atoms with van der Waals surface area (Å²) in [4.78, 5) is 13.2. The lowest BCUT2D eigenvalue weighted by Crippen LogP contribution is -2.46. The summed E-state index contributed by atoms with van der Waals surface area (Å²) in [5.41, 5.74) is 0.294. The highest BCUT2D eigenvalue weighted by molar-refractivity contribution is 6.37. The van der Waals surface area contributed by atoms with Crippen LogP contribution in [0.5, 0.6) is 11.5 Å². The molecule has 3 aromatic rings. The molecule has 4 rings (SSSR count). The van der Waals surface area contributed by atoms with E-state index >= 15 is 0 Å². The van der Waals surface area contributed by atoms with Crippen LogP contribution in [0.1, 0.15) is 31.1 Å². The zero-order valence-electron chi connectivity index (χ0n) is 16.2. The normalized spacial score (nSPS) is 18.1.